The van der Waals surface area contributed by atoms with Gasteiger partial charge in [0, 0.05) is 24.0 Å². The molecule has 2 aromatic rings. The van der Waals surface area contributed by atoms with E-state index in [1.165, 1.54) is 32.9 Å². The van der Waals surface area contributed by atoms with E-state index in [-0.39, 0.29) is 22.1 Å². The number of primary sulfonamides is 1. The van der Waals surface area contributed by atoms with Crippen LogP contribution >= 0.6 is 0 Å². The van der Waals surface area contributed by atoms with Crippen LogP contribution in [-0.2, 0) is 32.8 Å². The van der Waals surface area contributed by atoms with Crippen LogP contribution in [0, 0.1) is 12.8 Å². The van der Waals surface area contributed by atoms with Crippen molar-refractivity contribution in [2.24, 2.45) is 11.1 Å². The van der Waals surface area contributed by atoms with Gasteiger partial charge in [0.05, 0.1) is 16.1 Å². The van der Waals surface area contributed by atoms with E-state index < -0.39 is 48.3 Å². The van der Waals surface area contributed by atoms with Gasteiger partial charge in [-0.25, -0.2) is 26.7 Å². The molecule has 1 saturated carbocycles. The van der Waals surface area contributed by atoms with Crippen molar-refractivity contribution in [1.29, 1.82) is 0 Å². The molecule has 1 unspecified atom stereocenters. The summed E-state index contributed by atoms with van der Waals surface area (Å²) in [7, 11) is -8.82. The SMILES string of the molecule is Cc1c(S(N)(=O)=O)cc(-c2ccc(S(=O)(=O)NC(C)C(C)(C)O)c(C(F)(F)F)c2)n1CC1CCCCC1. The molecule has 208 valence electrons. The highest BCUT2D eigenvalue weighted by atomic mass is 32.2. The number of nitrogens with one attached hydrogen (secondary N) is 1. The summed E-state index contributed by atoms with van der Waals surface area (Å²) in [6, 6.07) is 2.94. The van der Waals surface area contributed by atoms with Gasteiger partial charge >= 0.3 is 6.18 Å². The fraction of sp³-hybridized carbons (Fsp3) is 0.583. The first-order valence-corrected chi connectivity index (χ1v) is 15.0. The minimum absolute atomic E-state index is 0.00983. The topological polar surface area (TPSA) is 131 Å². The van der Waals surface area contributed by atoms with E-state index in [4.69, 9.17) is 5.14 Å². The molecule has 1 aromatic carbocycles. The van der Waals surface area contributed by atoms with E-state index in [9.17, 15) is 35.1 Å². The minimum atomic E-state index is -5.03. The molecule has 0 saturated heterocycles. The number of nitrogens with zero attached hydrogens (tertiary/aromatic N) is 1. The van der Waals surface area contributed by atoms with E-state index in [0.29, 0.717) is 18.3 Å². The zero-order chi connectivity index (χ0) is 28.0. The molecule has 1 aliphatic rings. The molecule has 0 amide bonds. The molecule has 1 aliphatic carbocycles. The Morgan fingerprint density at radius 2 is 1.68 bits per heavy atom. The zero-order valence-electron chi connectivity index (χ0n) is 21.3. The van der Waals surface area contributed by atoms with Crippen LogP contribution in [-0.4, -0.2) is 38.2 Å². The van der Waals surface area contributed by atoms with Gasteiger partial charge in [0.1, 0.15) is 4.90 Å². The Morgan fingerprint density at radius 1 is 1.08 bits per heavy atom. The second-order valence-electron chi connectivity index (χ2n) is 10.3. The lowest BCUT2D eigenvalue weighted by Crippen LogP contribution is -2.47. The van der Waals surface area contributed by atoms with Crippen LogP contribution in [0.15, 0.2) is 34.1 Å². The normalized spacial score (nSPS) is 17.2. The number of rotatable bonds is 8. The molecular weight excluding hydrogens is 531 g/mol. The second kappa shape index (κ2) is 10.3. The van der Waals surface area contributed by atoms with Gasteiger partial charge in [-0.1, -0.05) is 25.3 Å². The summed E-state index contributed by atoms with van der Waals surface area (Å²) in [5.74, 6) is 0.223. The maximum absolute atomic E-state index is 14.1. The van der Waals surface area contributed by atoms with Crippen molar-refractivity contribution in [2.45, 2.75) is 94.0 Å². The van der Waals surface area contributed by atoms with Crippen LogP contribution in [0.4, 0.5) is 13.2 Å². The molecule has 13 heteroatoms. The lowest BCUT2D eigenvalue weighted by molar-refractivity contribution is -0.139. The van der Waals surface area contributed by atoms with Gasteiger partial charge in [0.25, 0.3) is 0 Å². The number of alkyl halides is 3. The Hall–Kier alpha value is -1.93. The van der Waals surface area contributed by atoms with Gasteiger partial charge in [-0.3, -0.25) is 0 Å². The van der Waals surface area contributed by atoms with Crippen molar-refractivity contribution in [2.75, 3.05) is 0 Å². The maximum atomic E-state index is 14.1. The quantitative estimate of drug-likeness (QED) is 0.443. The molecule has 1 aromatic heterocycles. The van der Waals surface area contributed by atoms with Gasteiger partial charge in [-0.05, 0) is 70.2 Å². The Morgan fingerprint density at radius 3 is 2.19 bits per heavy atom. The van der Waals surface area contributed by atoms with Crippen LogP contribution < -0.4 is 9.86 Å². The van der Waals surface area contributed by atoms with E-state index in [2.05, 4.69) is 4.72 Å². The average molecular weight is 566 g/mol. The van der Waals surface area contributed by atoms with Crippen LogP contribution in [0.3, 0.4) is 0 Å². The number of hydrogen-bond acceptors (Lipinski definition) is 5. The molecule has 8 nitrogen and oxygen atoms in total. The van der Waals surface area contributed by atoms with Gasteiger partial charge in [0.2, 0.25) is 20.0 Å². The molecule has 1 heterocycles. The molecular formula is C24H34F3N3O5S2. The average Bonchev–Trinajstić information content (AvgIpc) is 3.09. The number of nitrogens with two attached hydrogens (primary N) is 1. The zero-order valence-corrected chi connectivity index (χ0v) is 22.9. The Bertz CT molecular complexity index is 1360. The standard InChI is InChI=1S/C24H34F3N3O5S2/c1-15-22(36(28,32)33)13-20(30(15)14-17-8-6-5-7-9-17)18-10-11-21(19(12-18)24(25,26)27)37(34,35)29-16(2)23(3,4)31/h10-13,16-17,29,31H,5-9,14H2,1-4H3,(H2,28,32,33). The third kappa shape index (κ3) is 6.75. The Labute approximate surface area is 216 Å². The Kier molecular flexibility index (Phi) is 8.27. The molecule has 1 atom stereocenters. The van der Waals surface area contributed by atoms with Gasteiger partial charge in [-0.2, -0.15) is 13.2 Å². The number of benzene rings is 1. The summed E-state index contributed by atoms with van der Waals surface area (Å²) in [4.78, 5) is -1.18. The van der Waals surface area contributed by atoms with Gasteiger partial charge < -0.3 is 9.67 Å². The summed E-state index contributed by atoms with van der Waals surface area (Å²) in [6.45, 7) is 5.97. The summed E-state index contributed by atoms with van der Waals surface area (Å²) in [6.07, 6.45) is -0.0693. The number of sulfonamides is 2. The predicted molar refractivity (Wildman–Crippen MR) is 134 cm³/mol. The van der Waals surface area contributed by atoms with E-state index in [0.717, 1.165) is 38.2 Å². The first-order valence-electron chi connectivity index (χ1n) is 12.0. The molecule has 4 N–H and O–H groups in total. The lowest BCUT2D eigenvalue weighted by Gasteiger charge is -2.27. The molecule has 0 spiro atoms. The third-order valence-electron chi connectivity index (χ3n) is 7.05. The highest BCUT2D eigenvalue weighted by molar-refractivity contribution is 7.89. The van der Waals surface area contributed by atoms with Crippen molar-refractivity contribution in [3.8, 4) is 11.3 Å². The van der Waals surface area contributed by atoms with Crippen LogP contribution in [0.2, 0.25) is 0 Å². The number of aliphatic hydroxyl groups is 1. The van der Waals surface area contributed by atoms with Gasteiger partial charge in [-0.15, -0.1) is 0 Å². The molecule has 1 fully saturated rings. The first-order chi connectivity index (χ1) is 16.8. The number of halogens is 3. The molecule has 0 aliphatic heterocycles. The second-order valence-corrected chi connectivity index (χ2v) is 13.6. The van der Waals surface area contributed by atoms with Crippen molar-refractivity contribution in [3.05, 3.63) is 35.5 Å². The molecule has 37 heavy (non-hydrogen) atoms. The van der Waals surface area contributed by atoms with E-state index >= 15 is 0 Å². The van der Waals surface area contributed by atoms with Crippen molar-refractivity contribution in [1.82, 2.24) is 9.29 Å². The van der Waals surface area contributed by atoms with Crippen LogP contribution in [0.25, 0.3) is 11.3 Å². The van der Waals surface area contributed by atoms with Crippen LogP contribution in [0.5, 0.6) is 0 Å². The Balaban J connectivity index is 2.17. The van der Waals surface area contributed by atoms with Gasteiger partial charge in [0.15, 0.2) is 0 Å². The van der Waals surface area contributed by atoms with Crippen molar-refractivity contribution in [3.63, 3.8) is 0 Å². The summed E-state index contributed by atoms with van der Waals surface area (Å²) in [5, 5.41) is 15.4. The summed E-state index contributed by atoms with van der Waals surface area (Å²) < 4.78 is 96.4. The first kappa shape index (κ1) is 29.6. The van der Waals surface area contributed by atoms with Crippen LogP contribution in [0.1, 0.15) is 64.1 Å². The summed E-state index contributed by atoms with van der Waals surface area (Å²) in [5.41, 5.74) is -2.39. The highest BCUT2D eigenvalue weighted by Gasteiger charge is 2.39. The smallest absolute Gasteiger partial charge is 0.389 e. The third-order valence-corrected chi connectivity index (χ3v) is 9.68. The monoisotopic (exact) mass is 565 g/mol. The predicted octanol–water partition coefficient (Wildman–Crippen LogP) is 4.15. The largest absolute Gasteiger partial charge is 0.417 e. The fourth-order valence-corrected chi connectivity index (χ4v) is 6.99. The van der Waals surface area contributed by atoms with Crippen molar-refractivity contribution < 1.29 is 35.1 Å². The fourth-order valence-electron chi connectivity index (χ4n) is 4.60. The van der Waals surface area contributed by atoms with E-state index in [1.807, 2.05) is 0 Å². The summed E-state index contributed by atoms with van der Waals surface area (Å²) >= 11 is 0. The molecule has 3 rings (SSSR count). The van der Waals surface area contributed by atoms with E-state index in [1.54, 1.807) is 11.5 Å². The molecule has 0 radical (unpaired) electrons. The van der Waals surface area contributed by atoms with Crippen molar-refractivity contribution >= 4 is 20.0 Å². The molecule has 0 bridgehead atoms. The maximum Gasteiger partial charge on any atom is 0.417 e. The highest BCUT2D eigenvalue weighted by Crippen LogP contribution is 2.39. The number of hydrogen-bond donors (Lipinski definition) is 3. The minimum Gasteiger partial charge on any atom is -0.389 e. The number of aromatic nitrogens is 1. The lowest BCUT2D eigenvalue weighted by atomic mass is 9.89.